The van der Waals surface area contributed by atoms with Crippen molar-refractivity contribution in [2.75, 3.05) is 12.3 Å². The Morgan fingerprint density at radius 3 is 2.62 bits per heavy atom. The highest BCUT2D eigenvalue weighted by molar-refractivity contribution is 8.14. The molecule has 16 heavy (non-hydrogen) atoms. The molecule has 0 spiro atoms. The summed E-state index contributed by atoms with van der Waals surface area (Å²) < 4.78 is 3.84. The molecule has 4 N–H and O–H groups in total. The number of nitrogens with two attached hydrogens (primary N) is 1. The van der Waals surface area contributed by atoms with E-state index in [0.717, 1.165) is 29.8 Å². The molecule has 0 aromatic rings. The Morgan fingerprint density at radius 2 is 2.31 bits per heavy atom. The molecule has 0 saturated carbocycles. The van der Waals surface area contributed by atoms with E-state index in [1.807, 2.05) is 0 Å². The summed E-state index contributed by atoms with van der Waals surface area (Å²) in [6.07, 6.45) is 2.42. The summed E-state index contributed by atoms with van der Waals surface area (Å²) in [7, 11) is 0. The van der Waals surface area contributed by atoms with Crippen LogP contribution in [0.25, 0.3) is 0 Å². The second kappa shape index (κ2) is 7.07. The molecule has 2 rings (SSSR count). The topological polar surface area (TPSA) is 64.2 Å². The normalized spacial score (nSPS) is 32.4. The molecule has 92 valence electrons. The largest absolute Gasteiger partial charge is 0.345 e. The maximum Gasteiger partial charge on any atom is 0.345 e. The van der Waals surface area contributed by atoms with E-state index < -0.39 is 0 Å². The van der Waals surface area contributed by atoms with Crippen LogP contribution in [-0.4, -0.2) is 35.3 Å². The van der Waals surface area contributed by atoms with E-state index >= 15 is 0 Å². The van der Waals surface area contributed by atoms with Gasteiger partial charge in [-0.15, -0.1) is 11.6 Å². The van der Waals surface area contributed by atoms with Crippen molar-refractivity contribution in [2.45, 2.75) is 31.8 Å². The maximum absolute atomic E-state index is 5.79. The fourth-order valence-corrected chi connectivity index (χ4v) is 2.77. The highest BCUT2D eigenvalue weighted by Gasteiger charge is 2.24. The predicted molar refractivity (Wildman–Crippen MR) is 73.9 cm³/mol. The van der Waals surface area contributed by atoms with Crippen LogP contribution in [0.3, 0.4) is 0 Å². The first-order valence-corrected chi connectivity index (χ1v) is 6.93. The zero-order valence-electron chi connectivity index (χ0n) is 9.74. The molecule has 0 aromatic carbocycles. The Kier molecular flexibility index (Phi) is 6.06. The van der Waals surface area contributed by atoms with Gasteiger partial charge < -0.3 is 5.73 Å². The molecule has 0 bridgehead atoms. The summed E-state index contributed by atoms with van der Waals surface area (Å²) in [6, 6.07) is 0.609. The molecular formula is C10H20ClN4S+. The number of nitrogens with zero attached hydrogens (tertiary/aromatic N) is 1. The Bertz CT molecular complexity index is 260. The van der Waals surface area contributed by atoms with Gasteiger partial charge in [-0.2, -0.15) is 0 Å². The molecule has 0 aromatic heterocycles. The summed E-state index contributed by atoms with van der Waals surface area (Å²) in [5, 5.41) is 7.23. The average molecular weight is 264 g/mol. The zero-order valence-corrected chi connectivity index (χ0v) is 11.3. The number of nitrogens with one attached hydrogen (secondary N) is 2. The van der Waals surface area contributed by atoms with E-state index in [0.29, 0.717) is 6.04 Å². The number of amidine groups is 1. The van der Waals surface area contributed by atoms with E-state index in [2.05, 4.69) is 29.1 Å². The number of hydrogen-bond donors (Lipinski definition) is 3. The second-order valence-electron chi connectivity index (χ2n) is 3.99. The molecule has 2 saturated heterocycles. The average Bonchev–Trinajstić information content (AvgIpc) is 2.80. The molecule has 0 amide bonds. The van der Waals surface area contributed by atoms with Gasteiger partial charge in [0.2, 0.25) is 0 Å². The van der Waals surface area contributed by atoms with Crippen molar-refractivity contribution < 1.29 is 0 Å². The van der Waals surface area contributed by atoms with Crippen molar-refractivity contribution in [1.82, 2.24) is 15.3 Å². The molecule has 0 radical (unpaired) electrons. The molecule has 2 heterocycles. The summed E-state index contributed by atoms with van der Waals surface area (Å²) in [4.78, 5) is 0. The van der Waals surface area contributed by atoms with Crippen LogP contribution in [0, 0.1) is 5.92 Å². The lowest BCUT2D eigenvalue weighted by atomic mass is 10.1. The Morgan fingerprint density at radius 1 is 1.56 bits per heavy atom. The standard InChI is InChI=1S/C6H12ClN.C4H7N3S/c1-4-3-6(7)8-5(4)2;5-3-7-4-6-1-2-8-4/h4-6,8H,3H2,1-2H3;3H,1-2H2,(H2,5,6,7)/p+1. The second-order valence-corrected chi connectivity index (χ2v) is 5.60. The summed E-state index contributed by atoms with van der Waals surface area (Å²) in [5.74, 6) is 1.85. The van der Waals surface area contributed by atoms with Crippen molar-refractivity contribution in [3.8, 4) is 0 Å². The van der Waals surface area contributed by atoms with Gasteiger partial charge in [0.1, 0.15) is 0 Å². The molecule has 3 atom stereocenters. The molecular weight excluding hydrogens is 244 g/mol. The van der Waals surface area contributed by atoms with Gasteiger partial charge in [-0.05, 0) is 31.0 Å². The molecule has 2 aliphatic rings. The lowest BCUT2D eigenvalue weighted by Gasteiger charge is -2.05. The highest BCUT2D eigenvalue weighted by Crippen LogP contribution is 2.20. The van der Waals surface area contributed by atoms with Crippen molar-refractivity contribution in [2.24, 2.45) is 11.7 Å². The molecule has 2 aliphatic heterocycles. The van der Waals surface area contributed by atoms with Crippen LogP contribution in [0.4, 0.5) is 0 Å². The minimum absolute atomic E-state index is 0.222. The first kappa shape index (κ1) is 13.7. The zero-order chi connectivity index (χ0) is 12.0. The SMILES string of the molecule is CC1CC(Cl)NC1C.NC=[N+]=C1NCCS1. The summed E-state index contributed by atoms with van der Waals surface area (Å²) in [5.41, 5.74) is 5.26. The molecule has 2 fully saturated rings. The third-order valence-electron chi connectivity index (χ3n) is 2.68. The lowest BCUT2D eigenvalue weighted by molar-refractivity contribution is 0.519. The maximum atomic E-state index is 5.79. The van der Waals surface area contributed by atoms with Crippen LogP contribution >= 0.6 is 23.4 Å². The Hall–Kier alpha value is -0.350. The number of rotatable bonds is 0. The highest BCUT2D eigenvalue weighted by atomic mass is 35.5. The van der Waals surface area contributed by atoms with Gasteiger partial charge in [0.15, 0.2) is 0 Å². The van der Waals surface area contributed by atoms with Gasteiger partial charge in [0.25, 0.3) is 6.34 Å². The van der Waals surface area contributed by atoms with Crippen LogP contribution in [0.1, 0.15) is 20.3 Å². The number of thioether (sulfide) groups is 1. The van der Waals surface area contributed by atoms with E-state index in [-0.39, 0.29) is 5.50 Å². The van der Waals surface area contributed by atoms with Crippen LogP contribution in [0.15, 0.2) is 0 Å². The quantitative estimate of drug-likeness (QED) is 0.193. The lowest BCUT2D eigenvalue weighted by Crippen LogP contribution is -2.24. The van der Waals surface area contributed by atoms with Gasteiger partial charge >= 0.3 is 5.17 Å². The van der Waals surface area contributed by atoms with E-state index in [9.17, 15) is 0 Å². The summed E-state index contributed by atoms with van der Waals surface area (Å²) >= 11 is 7.49. The van der Waals surface area contributed by atoms with E-state index in [1.165, 1.54) is 6.34 Å². The Balaban J connectivity index is 0.000000160. The van der Waals surface area contributed by atoms with Gasteiger partial charge in [0, 0.05) is 11.8 Å². The smallest absolute Gasteiger partial charge is 0.312 e. The van der Waals surface area contributed by atoms with Gasteiger partial charge in [-0.3, -0.25) is 10.6 Å². The minimum atomic E-state index is 0.222. The van der Waals surface area contributed by atoms with E-state index in [4.69, 9.17) is 17.3 Å². The van der Waals surface area contributed by atoms with Crippen LogP contribution in [0.5, 0.6) is 0 Å². The molecule has 0 aliphatic carbocycles. The number of hydrogen-bond acceptors (Lipinski definition) is 2. The van der Waals surface area contributed by atoms with Gasteiger partial charge in [-0.1, -0.05) is 6.92 Å². The number of halogens is 1. The molecule has 6 heteroatoms. The fraction of sp³-hybridized carbons (Fsp3) is 0.800. The summed E-state index contributed by atoms with van der Waals surface area (Å²) in [6.45, 7) is 5.41. The van der Waals surface area contributed by atoms with Crippen molar-refractivity contribution in [1.29, 1.82) is 0 Å². The first-order valence-electron chi connectivity index (χ1n) is 5.51. The monoisotopic (exact) mass is 263 g/mol. The third-order valence-corrected chi connectivity index (χ3v) is 3.92. The number of alkyl halides is 1. The van der Waals surface area contributed by atoms with Crippen molar-refractivity contribution >= 4 is 34.9 Å². The molecule has 3 unspecified atom stereocenters. The molecule has 4 nitrogen and oxygen atoms in total. The van der Waals surface area contributed by atoms with Crippen LogP contribution in [0.2, 0.25) is 0 Å². The van der Waals surface area contributed by atoms with Gasteiger partial charge in [0.05, 0.1) is 12.0 Å². The van der Waals surface area contributed by atoms with E-state index in [1.54, 1.807) is 11.8 Å². The van der Waals surface area contributed by atoms with Crippen LogP contribution < -0.4 is 21.0 Å². The predicted octanol–water partition coefficient (Wildman–Crippen LogP) is 0.302. The van der Waals surface area contributed by atoms with Gasteiger partial charge in [-0.25, -0.2) is 4.67 Å². The van der Waals surface area contributed by atoms with Crippen LogP contribution in [-0.2, 0) is 0 Å². The first-order chi connectivity index (χ1) is 7.63. The fourth-order valence-electron chi connectivity index (χ4n) is 1.56. The van der Waals surface area contributed by atoms with Crippen molar-refractivity contribution in [3.05, 3.63) is 0 Å². The minimum Gasteiger partial charge on any atom is -0.312 e. The Labute approximate surface area is 106 Å². The third kappa shape index (κ3) is 4.66. The van der Waals surface area contributed by atoms with Crippen molar-refractivity contribution in [3.63, 3.8) is 0 Å².